The van der Waals surface area contributed by atoms with Crippen molar-refractivity contribution in [2.45, 2.75) is 19.4 Å². The van der Waals surface area contributed by atoms with Gasteiger partial charge in [-0.05, 0) is 66.4 Å². The second-order valence-corrected chi connectivity index (χ2v) is 7.91. The molecule has 0 radical (unpaired) electrons. The van der Waals surface area contributed by atoms with Crippen LogP contribution in [0.3, 0.4) is 0 Å². The van der Waals surface area contributed by atoms with Crippen molar-refractivity contribution in [3.8, 4) is 0 Å². The molecule has 3 aromatic carbocycles. The number of aromatic amines is 1. The maximum absolute atomic E-state index is 13.1. The first-order valence-electron chi connectivity index (χ1n) is 9.90. The predicted molar refractivity (Wildman–Crippen MR) is 122 cm³/mol. The van der Waals surface area contributed by atoms with Crippen LogP contribution in [0.5, 0.6) is 0 Å². The van der Waals surface area contributed by atoms with Crippen molar-refractivity contribution < 1.29 is 14.7 Å². The van der Waals surface area contributed by atoms with Crippen molar-refractivity contribution in [1.82, 2.24) is 10.3 Å². The summed E-state index contributed by atoms with van der Waals surface area (Å²) in [5.74, 6) is -1.16. The normalized spacial score (nSPS) is 11.9. The monoisotopic (exact) mass is 432 g/mol. The summed E-state index contributed by atoms with van der Waals surface area (Å²) in [4.78, 5) is 27.4. The van der Waals surface area contributed by atoms with Crippen LogP contribution in [-0.2, 0) is 6.42 Å². The lowest BCUT2D eigenvalue weighted by Gasteiger charge is -2.15. The molecule has 0 unspecified atom stereocenters. The third-order valence-corrected chi connectivity index (χ3v) is 5.56. The summed E-state index contributed by atoms with van der Waals surface area (Å²) >= 11 is 6.12. The number of benzene rings is 3. The Bertz CT molecular complexity index is 1260. The molecule has 0 aliphatic carbocycles. The zero-order valence-corrected chi connectivity index (χ0v) is 17.6. The topological polar surface area (TPSA) is 82.2 Å². The van der Waals surface area contributed by atoms with E-state index in [9.17, 15) is 9.59 Å². The summed E-state index contributed by atoms with van der Waals surface area (Å²) in [5.41, 5.74) is 4.61. The number of aromatic carboxylic acids is 1. The summed E-state index contributed by atoms with van der Waals surface area (Å²) < 4.78 is 0. The Kier molecular flexibility index (Phi) is 5.78. The van der Waals surface area contributed by atoms with Gasteiger partial charge in [0.2, 0.25) is 0 Å². The van der Waals surface area contributed by atoms with Gasteiger partial charge in [0.15, 0.2) is 0 Å². The number of aromatic nitrogens is 1. The van der Waals surface area contributed by atoms with Gasteiger partial charge in [-0.1, -0.05) is 41.9 Å². The lowest BCUT2D eigenvalue weighted by atomic mass is 9.99. The highest BCUT2D eigenvalue weighted by atomic mass is 35.5. The van der Waals surface area contributed by atoms with E-state index in [1.807, 2.05) is 55.6 Å². The molecule has 0 spiro atoms. The van der Waals surface area contributed by atoms with Gasteiger partial charge in [-0.25, -0.2) is 4.79 Å². The molecule has 1 atom stereocenters. The maximum Gasteiger partial charge on any atom is 0.335 e. The Morgan fingerprint density at radius 2 is 1.81 bits per heavy atom. The van der Waals surface area contributed by atoms with Crippen LogP contribution in [-0.4, -0.2) is 22.0 Å². The molecule has 3 N–H and O–H groups in total. The van der Waals surface area contributed by atoms with E-state index in [1.54, 1.807) is 12.1 Å². The number of halogens is 1. The number of H-pyrrole nitrogens is 1. The molecule has 0 aliphatic heterocycles. The van der Waals surface area contributed by atoms with Crippen molar-refractivity contribution in [1.29, 1.82) is 0 Å². The predicted octanol–water partition coefficient (Wildman–Crippen LogP) is 5.60. The number of fused-ring (bicyclic) bond motifs is 1. The van der Waals surface area contributed by atoms with Crippen LogP contribution in [0, 0.1) is 0 Å². The number of carboxylic acids is 1. The first-order valence-corrected chi connectivity index (χ1v) is 10.3. The first kappa shape index (κ1) is 20.7. The lowest BCUT2D eigenvalue weighted by Crippen LogP contribution is -2.27. The highest BCUT2D eigenvalue weighted by Gasteiger charge is 2.17. The van der Waals surface area contributed by atoms with Gasteiger partial charge in [0.25, 0.3) is 5.91 Å². The molecule has 0 saturated carbocycles. The summed E-state index contributed by atoms with van der Waals surface area (Å²) in [6.07, 6.45) is 2.58. The zero-order valence-electron chi connectivity index (χ0n) is 16.9. The highest BCUT2D eigenvalue weighted by Crippen LogP contribution is 2.26. The highest BCUT2D eigenvalue weighted by molar-refractivity contribution is 6.30. The third kappa shape index (κ3) is 4.47. The number of carbonyl (C=O) groups excluding carboxylic acids is 1. The quantitative estimate of drug-likeness (QED) is 0.371. The van der Waals surface area contributed by atoms with Crippen LogP contribution < -0.4 is 5.32 Å². The Labute approximate surface area is 184 Å². The van der Waals surface area contributed by atoms with Crippen LogP contribution in [0.15, 0.2) is 72.9 Å². The van der Waals surface area contributed by atoms with Crippen molar-refractivity contribution in [3.63, 3.8) is 0 Å². The van der Waals surface area contributed by atoms with Crippen LogP contribution in [0.2, 0.25) is 5.02 Å². The van der Waals surface area contributed by atoms with E-state index >= 15 is 0 Å². The van der Waals surface area contributed by atoms with Crippen molar-refractivity contribution in [2.24, 2.45) is 0 Å². The number of hydrogen-bond acceptors (Lipinski definition) is 2. The SMILES string of the molecule is C[C@H](NC(=O)c1cccc2[nH]cc(Cc3cccc(Cl)c3)c12)c1ccc(C(=O)O)cc1. The number of nitrogens with one attached hydrogen (secondary N) is 2. The number of hydrogen-bond donors (Lipinski definition) is 3. The molecular formula is C25H21ClN2O3. The smallest absolute Gasteiger partial charge is 0.335 e. The Morgan fingerprint density at radius 1 is 1.06 bits per heavy atom. The molecule has 6 heteroatoms. The van der Waals surface area contributed by atoms with E-state index in [0.29, 0.717) is 17.0 Å². The lowest BCUT2D eigenvalue weighted by molar-refractivity contribution is 0.0696. The summed E-state index contributed by atoms with van der Waals surface area (Å²) in [6.45, 7) is 1.87. The fourth-order valence-corrected chi connectivity index (χ4v) is 3.94. The second-order valence-electron chi connectivity index (χ2n) is 7.47. The molecule has 156 valence electrons. The number of carboxylic acid groups (broad SMARTS) is 1. The van der Waals surface area contributed by atoms with Gasteiger partial charge in [0.1, 0.15) is 0 Å². The van der Waals surface area contributed by atoms with E-state index in [2.05, 4.69) is 10.3 Å². The molecule has 1 amide bonds. The van der Waals surface area contributed by atoms with Crippen LogP contribution in [0.25, 0.3) is 10.9 Å². The van der Waals surface area contributed by atoms with E-state index in [4.69, 9.17) is 16.7 Å². The van der Waals surface area contributed by atoms with Gasteiger partial charge in [0.05, 0.1) is 11.6 Å². The standard InChI is InChI=1S/C25H21ClN2O3/c1-15(17-8-10-18(11-9-17)25(30)31)28-24(29)21-6-3-7-22-23(21)19(14-27-22)12-16-4-2-5-20(26)13-16/h2-11,13-15,27H,12H2,1H3,(H,28,29)(H,30,31)/t15-/m0/s1. The van der Waals surface area contributed by atoms with Gasteiger partial charge >= 0.3 is 5.97 Å². The van der Waals surface area contributed by atoms with E-state index in [0.717, 1.165) is 27.6 Å². The van der Waals surface area contributed by atoms with Gasteiger partial charge in [-0.3, -0.25) is 4.79 Å². The largest absolute Gasteiger partial charge is 0.478 e. The van der Waals surface area contributed by atoms with Crippen LogP contribution in [0.1, 0.15) is 50.4 Å². The van der Waals surface area contributed by atoms with Gasteiger partial charge in [0, 0.05) is 27.7 Å². The van der Waals surface area contributed by atoms with Crippen molar-refractivity contribution in [2.75, 3.05) is 0 Å². The summed E-state index contributed by atoms with van der Waals surface area (Å²) in [5, 5.41) is 13.6. The van der Waals surface area contributed by atoms with Gasteiger partial charge in [-0.15, -0.1) is 0 Å². The van der Waals surface area contributed by atoms with Crippen molar-refractivity contribution >= 4 is 34.4 Å². The molecule has 4 rings (SSSR count). The molecular weight excluding hydrogens is 412 g/mol. The Hall–Kier alpha value is -3.57. The van der Waals surface area contributed by atoms with Gasteiger partial charge in [-0.2, -0.15) is 0 Å². The minimum absolute atomic E-state index is 0.188. The van der Waals surface area contributed by atoms with Crippen LogP contribution in [0.4, 0.5) is 0 Å². The number of rotatable bonds is 6. The molecule has 0 fully saturated rings. The second kappa shape index (κ2) is 8.66. The first-order chi connectivity index (χ1) is 14.9. The zero-order chi connectivity index (χ0) is 22.0. The Balaban J connectivity index is 1.60. The summed E-state index contributed by atoms with van der Waals surface area (Å²) in [6, 6.07) is 19.5. The number of amides is 1. The molecule has 0 aliphatic rings. The molecule has 4 aromatic rings. The number of carbonyl (C=O) groups is 2. The van der Waals surface area contributed by atoms with E-state index in [-0.39, 0.29) is 17.5 Å². The third-order valence-electron chi connectivity index (χ3n) is 5.32. The molecule has 0 saturated heterocycles. The minimum atomic E-state index is -0.977. The Morgan fingerprint density at radius 3 is 2.52 bits per heavy atom. The average molecular weight is 433 g/mol. The summed E-state index contributed by atoms with van der Waals surface area (Å²) in [7, 11) is 0. The van der Waals surface area contributed by atoms with E-state index < -0.39 is 5.97 Å². The minimum Gasteiger partial charge on any atom is -0.478 e. The average Bonchev–Trinajstić information content (AvgIpc) is 3.16. The maximum atomic E-state index is 13.1. The van der Waals surface area contributed by atoms with E-state index in [1.165, 1.54) is 12.1 Å². The van der Waals surface area contributed by atoms with Crippen LogP contribution >= 0.6 is 11.6 Å². The van der Waals surface area contributed by atoms with Crippen molar-refractivity contribution in [3.05, 3.63) is 106 Å². The fourth-order valence-electron chi connectivity index (χ4n) is 3.72. The molecule has 1 heterocycles. The molecule has 0 bridgehead atoms. The molecule has 31 heavy (non-hydrogen) atoms. The molecule has 1 aromatic heterocycles. The fraction of sp³-hybridized carbons (Fsp3) is 0.120. The van der Waals surface area contributed by atoms with Gasteiger partial charge < -0.3 is 15.4 Å². The molecule has 5 nitrogen and oxygen atoms in total.